The van der Waals surface area contributed by atoms with E-state index < -0.39 is 112 Å². The van der Waals surface area contributed by atoms with Gasteiger partial charge in [0.2, 0.25) is 0 Å². The van der Waals surface area contributed by atoms with Crippen LogP contribution in [0.15, 0.2) is 12.1 Å². The molecule has 0 radical (unpaired) electrons. The van der Waals surface area contributed by atoms with Crippen LogP contribution < -0.4 is 15.2 Å². The van der Waals surface area contributed by atoms with E-state index in [1.807, 2.05) is 0 Å². The van der Waals surface area contributed by atoms with E-state index in [0.717, 1.165) is 11.0 Å². The second kappa shape index (κ2) is 9.56. The van der Waals surface area contributed by atoms with Crippen molar-refractivity contribution in [2.45, 2.75) is 64.9 Å². The first-order valence-corrected chi connectivity index (χ1v) is 9.39. The highest BCUT2D eigenvalue weighted by molar-refractivity contribution is 5.76. The molecule has 1 fully saturated rings. The molecule has 6 nitrogen and oxygen atoms in total. The van der Waals surface area contributed by atoms with E-state index in [1.54, 1.807) is 13.8 Å². The molecule has 1 aromatic rings. The third-order valence-electron chi connectivity index (χ3n) is 5.13. The number of carbonyl (C=O) groups is 1. The van der Waals surface area contributed by atoms with Crippen LogP contribution >= 0.6 is 0 Å². The number of methoxy groups -OCH3 is 2. The van der Waals surface area contributed by atoms with Gasteiger partial charge in [0, 0.05) is 46.5 Å². The van der Waals surface area contributed by atoms with E-state index in [0.29, 0.717) is 6.07 Å². The number of piperidine rings is 1. The van der Waals surface area contributed by atoms with Gasteiger partial charge in [-0.25, -0.2) is 0 Å². The normalized spacial score (nSPS) is 43.1. The third-order valence-corrected chi connectivity index (χ3v) is 5.13. The minimum absolute atomic E-state index is 0.120. The SMILES string of the molecule is [2H]C([2H])([2H])Oc1cc2c(cc1OC([2H])([2H])[2H])C([2H])([2H])C([2H])([2H])N1CC(CC(C)C)C(OC(=O)[C@@]([2H])(N)C([2H])(C([2H])([2H])[2H])C([2H])([2H])[2H])CC21[2H]. The second-order valence-electron chi connectivity index (χ2n) is 7.67. The first kappa shape index (κ1) is 8.62. The molecule has 0 aromatic heterocycles. The number of hydrogen-bond donors (Lipinski definition) is 1. The molecule has 4 atom stereocenters. The lowest BCUT2D eigenvalue weighted by atomic mass is 9.79. The summed E-state index contributed by atoms with van der Waals surface area (Å²) in [5.41, 5.74) is 4.67. The fraction of sp³-hybridized carbons (Fsp3) is 0.708. The van der Waals surface area contributed by atoms with E-state index in [4.69, 9.17) is 44.6 Å². The van der Waals surface area contributed by atoms with Gasteiger partial charge in [0.25, 0.3) is 0 Å². The Morgan fingerprint density at radius 2 is 2.10 bits per heavy atom. The third kappa shape index (κ3) is 4.75. The minimum atomic E-state index is -3.90. The summed E-state index contributed by atoms with van der Waals surface area (Å²) in [6, 6.07) is -4.67. The van der Waals surface area contributed by atoms with Gasteiger partial charge >= 0.3 is 5.97 Å². The molecule has 3 unspecified atom stereocenters. The number of carbonyl (C=O) groups excluding carboxylic acids is 1. The Hall–Kier alpha value is -1.79. The van der Waals surface area contributed by atoms with Crippen LogP contribution in [0.1, 0.15) is 83.6 Å². The van der Waals surface area contributed by atoms with E-state index in [9.17, 15) is 6.17 Å². The van der Waals surface area contributed by atoms with Gasteiger partial charge in [0.05, 0.1) is 25.0 Å². The molecule has 0 spiro atoms. The number of aryl methyl sites for hydroxylation is 1. The molecule has 2 aliphatic heterocycles. The second-order valence-corrected chi connectivity index (χ2v) is 7.67. The largest absolute Gasteiger partial charge is 0.493 e. The van der Waals surface area contributed by atoms with Crippen LogP contribution in [0.2, 0.25) is 0 Å². The molecule has 30 heavy (non-hydrogen) atoms. The van der Waals surface area contributed by atoms with Gasteiger partial charge in [-0.1, -0.05) is 27.6 Å². The summed E-state index contributed by atoms with van der Waals surface area (Å²) in [6.45, 7) is -7.69. The Labute approximate surface area is 207 Å². The molecular formula is C24H38N2O4. The average Bonchev–Trinajstić information content (AvgIpc) is 2.86. The maximum absolute atomic E-state index is 13.5. The van der Waals surface area contributed by atoms with Crippen LogP contribution in [0.5, 0.6) is 11.5 Å². The fourth-order valence-corrected chi connectivity index (χ4v) is 3.76. The first-order valence-electron chi connectivity index (χ1n) is 18.9. The van der Waals surface area contributed by atoms with Crippen molar-refractivity contribution in [3.63, 3.8) is 0 Å². The Morgan fingerprint density at radius 1 is 1.37 bits per heavy atom. The molecule has 6 heteroatoms. The Kier molecular flexibility index (Phi) is 2.75. The quantitative estimate of drug-likeness (QED) is 0.658. The lowest BCUT2D eigenvalue weighted by molar-refractivity contribution is -0.160. The van der Waals surface area contributed by atoms with Gasteiger partial charge in [-0.05, 0) is 47.9 Å². The van der Waals surface area contributed by atoms with Crippen LogP contribution in [-0.2, 0) is 15.9 Å². The number of ether oxygens (including phenoxy) is 3. The van der Waals surface area contributed by atoms with Crippen molar-refractivity contribution in [2.75, 3.05) is 27.1 Å². The van der Waals surface area contributed by atoms with E-state index in [-0.39, 0.29) is 12.3 Å². The highest BCUT2D eigenvalue weighted by atomic mass is 16.5. The maximum Gasteiger partial charge on any atom is 0.323 e. The van der Waals surface area contributed by atoms with E-state index >= 15 is 0 Å². The van der Waals surface area contributed by atoms with Crippen LogP contribution in [-0.4, -0.2) is 50.1 Å². The molecule has 0 amide bonds. The number of benzene rings is 1. The van der Waals surface area contributed by atoms with Crippen LogP contribution in [0.3, 0.4) is 0 Å². The molecule has 2 heterocycles. The molecular weight excluding hydrogens is 380 g/mol. The highest BCUT2D eigenvalue weighted by Gasteiger charge is 2.41. The number of fused-ring (bicyclic) bond motifs is 3. The predicted octanol–water partition coefficient (Wildman–Crippen LogP) is 3.56. The van der Waals surface area contributed by atoms with Crippen molar-refractivity contribution >= 4 is 5.97 Å². The van der Waals surface area contributed by atoms with Gasteiger partial charge in [-0.2, -0.15) is 0 Å². The number of rotatable bonds is 7. The number of hydrogen-bond acceptors (Lipinski definition) is 6. The van der Waals surface area contributed by atoms with Crippen molar-refractivity contribution in [1.29, 1.82) is 0 Å². The smallest absolute Gasteiger partial charge is 0.323 e. The lowest BCUT2D eigenvalue weighted by Crippen LogP contribution is -2.51. The predicted molar refractivity (Wildman–Crippen MR) is 118 cm³/mol. The van der Waals surface area contributed by atoms with Crippen molar-refractivity contribution in [3.05, 3.63) is 23.3 Å². The molecule has 0 aliphatic carbocycles. The van der Waals surface area contributed by atoms with Gasteiger partial charge in [0.15, 0.2) is 11.5 Å². The molecule has 1 aromatic carbocycles. The highest BCUT2D eigenvalue weighted by Crippen LogP contribution is 2.44. The molecule has 2 aliphatic rings. The zero-order chi connectivity index (χ0) is 38.4. The maximum atomic E-state index is 13.5. The fourth-order valence-electron chi connectivity index (χ4n) is 3.76. The summed E-state index contributed by atoms with van der Waals surface area (Å²) >= 11 is 0. The van der Waals surface area contributed by atoms with Crippen LogP contribution in [0.4, 0.5) is 0 Å². The summed E-state index contributed by atoms with van der Waals surface area (Å²) in [5, 5.41) is 0. The summed E-state index contributed by atoms with van der Waals surface area (Å²) < 4.78 is 168. The average molecular weight is 438 g/mol. The van der Waals surface area contributed by atoms with Gasteiger partial charge in [0.1, 0.15) is 12.1 Å². The van der Waals surface area contributed by atoms with Crippen LogP contribution in [0.25, 0.3) is 0 Å². The van der Waals surface area contributed by atoms with Crippen molar-refractivity contribution in [1.82, 2.24) is 4.90 Å². The molecule has 0 saturated carbocycles. The number of nitrogens with zero attached hydrogens (tertiary/aromatic N) is 1. The molecule has 2 N–H and O–H groups in total. The Morgan fingerprint density at radius 3 is 2.77 bits per heavy atom. The van der Waals surface area contributed by atoms with Crippen molar-refractivity contribution < 1.29 is 45.0 Å². The molecule has 3 rings (SSSR count). The number of esters is 1. The van der Waals surface area contributed by atoms with Crippen molar-refractivity contribution in [2.24, 2.45) is 23.5 Å². The lowest BCUT2D eigenvalue weighted by Gasteiger charge is -2.47. The minimum Gasteiger partial charge on any atom is -0.493 e. The van der Waals surface area contributed by atoms with E-state index in [2.05, 4.69) is 0 Å². The molecule has 0 bridgehead atoms. The van der Waals surface area contributed by atoms with Crippen molar-refractivity contribution in [3.8, 4) is 11.5 Å². The van der Waals surface area contributed by atoms with E-state index in [1.165, 1.54) is 0 Å². The summed E-state index contributed by atoms with van der Waals surface area (Å²) in [6.07, 6.45) is -5.20. The summed E-state index contributed by atoms with van der Waals surface area (Å²) in [5.74, 6) is -8.56. The Bertz CT molecular complexity index is 1400. The Balaban J connectivity index is 2.28. The first-order chi connectivity index (χ1) is 21.5. The summed E-state index contributed by atoms with van der Waals surface area (Å²) in [7, 11) is -6.42. The van der Waals surface area contributed by atoms with Gasteiger partial charge in [-0.3, -0.25) is 9.69 Å². The van der Waals surface area contributed by atoms with Gasteiger partial charge < -0.3 is 19.9 Å². The summed E-state index contributed by atoms with van der Waals surface area (Å²) in [4.78, 5) is 14.3. The van der Waals surface area contributed by atoms with Crippen LogP contribution in [0, 0.1) is 17.7 Å². The number of nitrogens with two attached hydrogens (primary N) is 1. The monoisotopic (exact) mass is 437 g/mol. The standard InChI is InChI=1S/C24H38N2O4/c1-14(2)9-17-13-26-8-7-16-10-21(28-5)22(29-6)11-18(16)19(26)12-20(17)30-24(27)23(25)15(3)4/h10-11,14-15,17,19-20,23H,7-9,12-13,25H2,1-6H3/t17?,19?,20?,23-/m0/s1/i3D3,4D3,5D3,6D3,7D2,8D2,15D,19D,23D. The topological polar surface area (TPSA) is 74.0 Å². The molecule has 168 valence electrons. The zero-order valence-electron chi connectivity index (χ0n) is 35.7. The molecule has 1 saturated heterocycles. The zero-order valence-corrected chi connectivity index (χ0v) is 16.7. The van der Waals surface area contributed by atoms with Gasteiger partial charge in [-0.15, -0.1) is 0 Å².